The second kappa shape index (κ2) is 15.5. The first-order valence-corrected chi connectivity index (χ1v) is 19.8. The average molecular weight is 769 g/mol. The number of furan rings is 1. The highest BCUT2D eigenvalue weighted by atomic mass is 32.1. The number of pyridine rings is 1. The van der Waals surface area contributed by atoms with E-state index in [9.17, 15) is 19.2 Å². The third-order valence-electron chi connectivity index (χ3n) is 10.9. The van der Waals surface area contributed by atoms with Crippen LogP contribution in [0.1, 0.15) is 92.3 Å². The zero-order valence-corrected chi connectivity index (χ0v) is 32.7. The van der Waals surface area contributed by atoms with E-state index < -0.39 is 47.4 Å². The molecule has 13 nitrogen and oxygen atoms in total. The first-order valence-electron chi connectivity index (χ1n) is 19.0. The van der Waals surface area contributed by atoms with Crippen LogP contribution in [0.15, 0.2) is 52.3 Å². The number of thiazole rings is 1. The summed E-state index contributed by atoms with van der Waals surface area (Å²) in [5, 5.41) is 9.33. The molecule has 1 aromatic carbocycles. The van der Waals surface area contributed by atoms with Crippen LogP contribution in [-0.4, -0.2) is 75.9 Å². The van der Waals surface area contributed by atoms with E-state index in [1.807, 2.05) is 42.7 Å². The molecule has 0 radical (unpaired) electrons. The standard InChI is InChI=1S/C41H48N6O7S/c1-22(2)30-21-55-38(45-30)29-18-34(27-14-16-32(52-5)24(4)35(27)43-29)54-26-17-31-36(48)46-41(40(42)51)19-25(41)11-9-7-6-8-10-12-28(39(50)47(31)20-26)44-37(49)33-15-13-23(3)53-33/h9,11,13-16,18,21-22,25-26,28,31H,6-8,10,12,17,19-20H2,1-5H3,(H2,42,51)(H,44,49)(H,46,48)/b11-9-/t25-,26-,28+,31+,41-/m1/s1. The van der Waals surface area contributed by atoms with Gasteiger partial charge in [0.15, 0.2) is 5.76 Å². The Hall–Kier alpha value is -5.24. The van der Waals surface area contributed by atoms with Crippen LogP contribution in [0.4, 0.5) is 0 Å². The molecule has 2 fully saturated rings. The quantitative estimate of drug-likeness (QED) is 0.189. The van der Waals surface area contributed by atoms with Crippen LogP contribution in [0.2, 0.25) is 0 Å². The predicted octanol–water partition coefficient (Wildman–Crippen LogP) is 5.73. The Kier molecular flexibility index (Phi) is 10.7. The topological polar surface area (TPSA) is 179 Å². The number of amides is 4. The van der Waals surface area contributed by atoms with Gasteiger partial charge in [-0.05, 0) is 69.7 Å². The Bertz CT molecular complexity index is 2160. The van der Waals surface area contributed by atoms with E-state index in [1.54, 1.807) is 26.2 Å². The number of carbonyl (C=O) groups is 4. The van der Waals surface area contributed by atoms with Gasteiger partial charge in [-0.1, -0.05) is 38.8 Å². The number of benzene rings is 1. The molecule has 1 saturated heterocycles. The zero-order valence-electron chi connectivity index (χ0n) is 31.8. The number of allylic oxidation sites excluding steroid dienone is 1. The molecule has 4 amide bonds. The average Bonchev–Trinajstić information content (AvgIpc) is 3.57. The molecule has 3 aliphatic rings. The van der Waals surface area contributed by atoms with Crippen LogP contribution >= 0.6 is 11.3 Å². The summed E-state index contributed by atoms with van der Waals surface area (Å²) in [6.45, 7) is 7.91. The van der Waals surface area contributed by atoms with Crippen molar-refractivity contribution in [2.45, 2.75) is 102 Å². The predicted molar refractivity (Wildman–Crippen MR) is 208 cm³/mol. The monoisotopic (exact) mass is 768 g/mol. The minimum absolute atomic E-state index is 0.0547. The van der Waals surface area contributed by atoms with Crippen molar-refractivity contribution in [1.29, 1.82) is 0 Å². The lowest BCUT2D eigenvalue weighted by atomic mass is 10.0. The molecule has 5 atom stereocenters. The highest BCUT2D eigenvalue weighted by Gasteiger charge is 2.60. The zero-order chi connectivity index (χ0) is 39.0. The minimum atomic E-state index is -1.23. The SMILES string of the molecule is COc1ccc2c(O[C@@H]3C[C@H]4C(=O)N[C@]5(C(N)=O)C[C@H]5/C=C\CCCCC[C@H](NC(=O)c5ccc(C)o5)C(=O)N4C3)cc(-c3nc(C(C)C)cs3)nc2c1C. The van der Waals surface area contributed by atoms with E-state index in [2.05, 4.69) is 24.5 Å². The Labute approximate surface area is 324 Å². The van der Waals surface area contributed by atoms with Gasteiger partial charge in [0.05, 0.1) is 24.9 Å². The van der Waals surface area contributed by atoms with E-state index in [4.69, 9.17) is 29.6 Å². The summed E-state index contributed by atoms with van der Waals surface area (Å²) in [6.07, 6.45) is 7.36. The van der Waals surface area contributed by atoms with Gasteiger partial charge in [-0.15, -0.1) is 11.3 Å². The van der Waals surface area contributed by atoms with E-state index in [-0.39, 0.29) is 30.6 Å². The molecule has 2 aliphatic heterocycles. The molecular formula is C41H48N6O7S. The lowest BCUT2D eigenvalue weighted by Crippen LogP contribution is -2.57. The molecule has 4 N–H and O–H groups in total. The Balaban J connectivity index is 1.24. The van der Waals surface area contributed by atoms with E-state index in [0.29, 0.717) is 47.7 Å². The number of ether oxygens (including phenoxy) is 2. The van der Waals surface area contributed by atoms with Crippen LogP contribution in [0.5, 0.6) is 11.5 Å². The Morgan fingerprint density at radius 3 is 2.64 bits per heavy atom. The molecule has 5 heterocycles. The highest BCUT2D eigenvalue weighted by Crippen LogP contribution is 2.45. The fourth-order valence-corrected chi connectivity index (χ4v) is 8.58. The fraction of sp³-hybridized carbons (Fsp3) is 0.463. The van der Waals surface area contributed by atoms with Gasteiger partial charge in [0.25, 0.3) is 5.91 Å². The van der Waals surface area contributed by atoms with Crippen molar-refractivity contribution in [1.82, 2.24) is 25.5 Å². The van der Waals surface area contributed by atoms with Gasteiger partial charge in [-0.25, -0.2) is 9.97 Å². The largest absolute Gasteiger partial charge is 0.496 e. The number of hydrogen-bond donors (Lipinski definition) is 3. The fourth-order valence-electron chi connectivity index (χ4n) is 7.63. The van der Waals surface area contributed by atoms with Gasteiger partial charge in [0, 0.05) is 34.7 Å². The second-order valence-corrected chi connectivity index (χ2v) is 16.0. The van der Waals surface area contributed by atoms with Gasteiger partial charge >= 0.3 is 0 Å². The summed E-state index contributed by atoms with van der Waals surface area (Å²) >= 11 is 1.50. The number of methoxy groups -OCH3 is 1. The molecule has 0 unspecified atom stereocenters. The van der Waals surface area contributed by atoms with Crippen LogP contribution in [-0.2, 0) is 14.4 Å². The first-order chi connectivity index (χ1) is 26.4. The highest BCUT2D eigenvalue weighted by molar-refractivity contribution is 7.13. The van der Waals surface area contributed by atoms with Gasteiger partial charge in [-0.3, -0.25) is 19.2 Å². The maximum atomic E-state index is 14.6. The van der Waals surface area contributed by atoms with Crippen molar-refractivity contribution in [3.63, 3.8) is 0 Å². The lowest BCUT2D eigenvalue weighted by molar-refractivity contribution is -0.141. The van der Waals surface area contributed by atoms with Crippen molar-refractivity contribution in [2.75, 3.05) is 13.7 Å². The molecule has 55 heavy (non-hydrogen) atoms. The van der Waals surface area contributed by atoms with Crippen LogP contribution < -0.4 is 25.8 Å². The van der Waals surface area contributed by atoms with Gasteiger partial charge in [-0.2, -0.15) is 0 Å². The number of nitrogens with one attached hydrogen (secondary N) is 2. The maximum absolute atomic E-state index is 14.6. The number of fused-ring (bicyclic) bond motifs is 3. The number of primary amides is 1. The number of carbonyl (C=O) groups excluding carboxylic acids is 4. The van der Waals surface area contributed by atoms with Crippen molar-refractivity contribution < 1.29 is 33.1 Å². The summed E-state index contributed by atoms with van der Waals surface area (Å²) < 4.78 is 18.0. The summed E-state index contributed by atoms with van der Waals surface area (Å²) in [5.74, 6) is -0.181. The number of nitrogens with zero attached hydrogens (tertiary/aromatic N) is 3. The number of nitrogens with two attached hydrogens (primary N) is 1. The molecule has 290 valence electrons. The molecular weight excluding hydrogens is 721 g/mol. The molecule has 7 rings (SSSR count). The molecule has 0 bridgehead atoms. The van der Waals surface area contributed by atoms with Gasteiger partial charge in [0.2, 0.25) is 17.7 Å². The summed E-state index contributed by atoms with van der Waals surface area (Å²) in [7, 11) is 1.61. The smallest absolute Gasteiger partial charge is 0.287 e. The summed E-state index contributed by atoms with van der Waals surface area (Å²) in [4.78, 5) is 66.4. The molecule has 4 aromatic rings. The molecule has 14 heteroatoms. The third-order valence-corrected chi connectivity index (χ3v) is 11.8. The van der Waals surface area contributed by atoms with Gasteiger partial charge in [0.1, 0.15) is 51.7 Å². The van der Waals surface area contributed by atoms with E-state index >= 15 is 0 Å². The van der Waals surface area contributed by atoms with Crippen LogP contribution in [0.25, 0.3) is 21.6 Å². The maximum Gasteiger partial charge on any atom is 0.287 e. The number of aryl methyl sites for hydroxylation is 2. The van der Waals surface area contributed by atoms with Crippen molar-refractivity contribution in [3.8, 4) is 22.2 Å². The Morgan fingerprint density at radius 2 is 1.93 bits per heavy atom. The van der Waals surface area contributed by atoms with E-state index in [1.165, 1.54) is 16.2 Å². The van der Waals surface area contributed by atoms with Crippen molar-refractivity contribution in [3.05, 3.63) is 70.6 Å². The molecule has 1 aliphatic carbocycles. The summed E-state index contributed by atoms with van der Waals surface area (Å²) in [6, 6.07) is 6.92. The molecule has 0 spiro atoms. The number of hydrogen-bond acceptors (Lipinski definition) is 10. The summed E-state index contributed by atoms with van der Waals surface area (Å²) in [5.41, 5.74) is 7.76. The number of rotatable bonds is 8. The van der Waals surface area contributed by atoms with Gasteiger partial charge < -0.3 is 35.2 Å². The van der Waals surface area contributed by atoms with E-state index in [0.717, 1.165) is 40.9 Å². The second-order valence-electron chi connectivity index (χ2n) is 15.1. The normalized spacial score (nSPS) is 25.0. The van der Waals surface area contributed by atoms with Crippen LogP contribution in [0.3, 0.4) is 0 Å². The van der Waals surface area contributed by atoms with Crippen LogP contribution in [0, 0.1) is 19.8 Å². The van der Waals surface area contributed by atoms with Crippen molar-refractivity contribution in [2.24, 2.45) is 11.7 Å². The first kappa shape index (κ1) is 38.1. The number of aromatic nitrogens is 2. The molecule has 3 aromatic heterocycles. The Morgan fingerprint density at radius 1 is 1.11 bits per heavy atom. The lowest BCUT2D eigenvalue weighted by Gasteiger charge is -2.29. The minimum Gasteiger partial charge on any atom is -0.496 e. The van der Waals surface area contributed by atoms with Crippen molar-refractivity contribution >= 4 is 45.9 Å². The molecule has 1 saturated carbocycles. The third kappa shape index (κ3) is 7.69.